The lowest BCUT2D eigenvalue weighted by molar-refractivity contribution is -0.147. The molecule has 0 aromatic heterocycles. The molecule has 0 heterocycles. The van der Waals surface area contributed by atoms with Crippen molar-refractivity contribution in [1.82, 2.24) is 10.6 Å². The molecular formula is C25H32N2O4. The van der Waals surface area contributed by atoms with Gasteiger partial charge < -0.3 is 15.4 Å². The second-order valence-electron chi connectivity index (χ2n) is 7.95. The molecular weight excluding hydrogens is 392 g/mol. The van der Waals surface area contributed by atoms with Gasteiger partial charge in [0.05, 0.1) is 12.5 Å². The maximum atomic E-state index is 12.9. The second-order valence-corrected chi connectivity index (χ2v) is 7.95. The van der Waals surface area contributed by atoms with Crippen LogP contribution in [0.3, 0.4) is 0 Å². The first-order valence-electron chi connectivity index (χ1n) is 10.7. The van der Waals surface area contributed by atoms with Crippen LogP contribution in [0, 0.1) is 18.8 Å². The quantitative estimate of drug-likeness (QED) is 0.573. The maximum Gasteiger partial charge on any atom is 0.311 e. The van der Waals surface area contributed by atoms with Crippen molar-refractivity contribution < 1.29 is 19.1 Å². The first-order valence-corrected chi connectivity index (χ1v) is 10.7. The van der Waals surface area contributed by atoms with E-state index in [-0.39, 0.29) is 36.9 Å². The molecule has 0 bridgehead atoms. The first-order chi connectivity index (χ1) is 14.8. The molecule has 0 aliphatic carbocycles. The normalized spacial score (nSPS) is 12.7. The van der Waals surface area contributed by atoms with E-state index in [9.17, 15) is 14.4 Å². The predicted octanol–water partition coefficient (Wildman–Crippen LogP) is 3.29. The van der Waals surface area contributed by atoms with Crippen molar-refractivity contribution >= 4 is 17.8 Å². The van der Waals surface area contributed by atoms with E-state index in [1.54, 1.807) is 19.1 Å². The number of nitrogens with one attached hydrogen (secondary N) is 2. The first kappa shape index (κ1) is 24.1. The van der Waals surface area contributed by atoms with Crippen LogP contribution in [-0.4, -0.2) is 37.0 Å². The van der Waals surface area contributed by atoms with Crippen LogP contribution in [0.5, 0.6) is 0 Å². The van der Waals surface area contributed by atoms with Crippen LogP contribution in [0.25, 0.3) is 0 Å². The maximum absolute atomic E-state index is 12.9. The number of amides is 2. The Kier molecular flexibility index (Phi) is 9.25. The van der Waals surface area contributed by atoms with E-state index in [0.717, 1.165) is 11.1 Å². The van der Waals surface area contributed by atoms with E-state index in [2.05, 4.69) is 10.6 Å². The van der Waals surface area contributed by atoms with Gasteiger partial charge in [-0.3, -0.25) is 14.4 Å². The minimum Gasteiger partial charge on any atom is -0.466 e. The number of esters is 1. The minimum atomic E-state index is -0.715. The third-order valence-electron chi connectivity index (χ3n) is 4.98. The van der Waals surface area contributed by atoms with Crippen molar-refractivity contribution in [3.05, 3.63) is 71.3 Å². The van der Waals surface area contributed by atoms with E-state index in [1.165, 1.54) is 0 Å². The van der Waals surface area contributed by atoms with E-state index in [4.69, 9.17) is 4.74 Å². The van der Waals surface area contributed by atoms with Gasteiger partial charge in [-0.05, 0) is 43.9 Å². The highest BCUT2D eigenvalue weighted by Crippen LogP contribution is 2.12. The summed E-state index contributed by atoms with van der Waals surface area (Å²) in [4.78, 5) is 37.9. The number of carbonyl (C=O) groups excluding carboxylic acids is 3. The highest BCUT2D eigenvalue weighted by molar-refractivity contribution is 5.97. The molecule has 166 valence electrons. The van der Waals surface area contributed by atoms with Gasteiger partial charge >= 0.3 is 5.97 Å². The number of benzene rings is 2. The number of hydrogen-bond acceptors (Lipinski definition) is 4. The number of rotatable bonds is 10. The van der Waals surface area contributed by atoms with Gasteiger partial charge in [0.2, 0.25) is 5.91 Å². The molecule has 31 heavy (non-hydrogen) atoms. The molecule has 2 atom stereocenters. The molecule has 0 radical (unpaired) electrons. The summed E-state index contributed by atoms with van der Waals surface area (Å²) in [6, 6.07) is 16.1. The summed E-state index contributed by atoms with van der Waals surface area (Å²) in [6.07, 6.45) is 0.460. The monoisotopic (exact) mass is 424 g/mol. The van der Waals surface area contributed by atoms with Crippen molar-refractivity contribution in [1.29, 1.82) is 0 Å². The van der Waals surface area contributed by atoms with Crippen LogP contribution in [0.1, 0.15) is 42.3 Å². The Morgan fingerprint density at radius 1 is 1.00 bits per heavy atom. The van der Waals surface area contributed by atoms with Crippen LogP contribution in [0.15, 0.2) is 54.6 Å². The van der Waals surface area contributed by atoms with Crippen molar-refractivity contribution in [3.63, 3.8) is 0 Å². The van der Waals surface area contributed by atoms with Crippen LogP contribution in [0.2, 0.25) is 0 Å². The SMILES string of the molecule is CCOC(=O)C(CNC(=O)C(NC(=O)c1cccc(C)c1)C(C)C)Cc1ccccc1. The lowest BCUT2D eigenvalue weighted by Crippen LogP contribution is -2.51. The van der Waals surface area contributed by atoms with E-state index >= 15 is 0 Å². The topological polar surface area (TPSA) is 84.5 Å². The summed E-state index contributed by atoms with van der Waals surface area (Å²) in [5, 5.41) is 5.66. The zero-order valence-corrected chi connectivity index (χ0v) is 18.7. The van der Waals surface area contributed by atoms with Crippen molar-refractivity contribution in [2.45, 2.75) is 40.2 Å². The van der Waals surface area contributed by atoms with Crippen LogP contribution in [-0.2, 0) is 20.7 Å². The molecule has 2 rings (SSSR count). The molecule has 0 saturated carbocycles. The number of aryl methyl sites for hydroxylation is 1. The number of carbonyl (C=O) groups is 3. The molecule has 6 nitrogen and oxygen atoms in total. The van der Waals surface area contributed by atoms with E-state index < -0.39 is 12.0 Å². The summed E-state index contributed by atoms with van der Waals surface area (Å²) < 4.78 is 5.19. The summed E-state index contributed by atoms with van der Waals surface area (Å²) in [5.41, 5.74) is 2.46. The van der Waals surface area contributed by atoms with Gasteiger partial charge in [0.25, 0.3) is 5.91 Å². The predicted molar refractivity (Wildman–Crippen MR) is 121 cm³/mol. The Morgan fingerprint density at radius 3 is 2.32 bits per heavy atom. The Labute approximate surface area is 184 Å². The molecule has 0 aliphatic rings. The zero-order valence-electron chi connectivity index (χ0n) is 18.7. The Bertz CT molecular complexity index is 880. The van der Waals surface area contributed by atoms with Crippen molar-refractivity contribution in [2.24, 2.45) is 11.8 Å². The summed E-state index contributed by atoms with van der Waals surface area (Å²) in [6.45, 7) is 7.81. The molecule has 0 spiro atoms. The van der Waals surface area contributed by atoms with Gasteiger partial charge in [-0.2, -0.15) is 0 Å². The minimum absolute atomic E-state index is 0.121. The Hall–Kier alpha value is -3.15. The molecule has 0 aliphatic heterocycles. The zero-order chi connectivity index (χ0) is 22.8. The molecule has 0 fully saturated rings. The summed E-state index contributed by atoms with van der Waals surface area (Å²) in [7, 11) is 0. The standard InChI is InChI=1S/C25H32N2O4/c1-5-31-25(30)21(15-19-11-7-6-8-12-19)16-26-24(29)22(17(2)3)27-23(28)20-13-9-10-18(4)14-20/h6-14,17,21-22H,5,15-16H2,1-4H3,(H,26,29)(H,27,28). The Morgan fingerprint density at radius 2 is 1.71 bits per heavy atom. The van der Waals surface area contributed by atoms with Gasteiger partial charge in [-0.1, -0.05) is 61.9 Å². The van der Waals surface area contributed by atoms with Gasteiger partial charge in [0.15, 0.2) is 0 Å². The third-order valence-corrected chi connectivity index (χ3v) is 4.98. The average Bonchev–Trinajstić information content (AvgIpc) is 2.75. The summed E-state index contributed by atoms with van der Waals surface area (Å²) >= 11 is 0. The third kappa shape index (κ3) is 7.55. The molecule has 6 heteroatoms. The molecule has 2 amide bonds. The summed E-state index contributed by atoms with van der Waals surface area (Å²) in [5.74, 6) is -1.60. The van der Waals surface area contributed by atoms with Gasteiger partial charge in [0.1, 0.15) is 6.04 Å². The van der Waals surface area contributed by atoms with E-state index in [1.807, 2.05) is 63.2 Å². The van der Waals surface area contributed by atoms with E-state index in [0.29, 0.717) is 12.0 Å². The molecule has 2 aromatic rings. The number of hydrogen-bond donors (Lipinski definition) is 2. The van der Waals surface area contributed by atoms with Crippen LogP contribution in [0.4, 0.5) is 0 Å². The molecule has 0 saturated heterocycles. The average molecular weight is 425 g/mol. The Balaban J connectivity index is 2.05. The lowest BCUT2D eigenvalue weighted by Gasteiger charge is -2.23. The lowest BCUT2D eigenvalue weighted by atomic mass is 9.98. The smallest absolute Gasteiger partial charge is 0.311 e. The highest BCUT2D eigenvalue weighted by Gasteiger charge is 2.27. The van der Waals surface area contributed by atoms with Gasteiger partial charge in [-0.15, -0.1) is 0 Å². The molecule has 2 unspecified atom stereocenters. The number of ether oxygens (including phenoxy) is 1. The largest absolute Gasteiger partial charge is 0.466 e. The fraction of sp³-hybridized carbons (Fsp3) is 0.400. The second kappa shape index (κ2) is 11.9. The molecule has 2 N–H and O–H groups in total. The fourth-order valence-electron chi connectivity index (χ4n) is 3.28. The molecule has 2 aromatic carbocycles. The van der Waals surface area contributed by atoms with Crippen molar-refractivity contribution in [2.75, 3.05) is 13.2 Å². The van der Waals surface area contributed by atoms with Crippen LogP contribution >= 0.6 is 0 Å². The highest BCUT2D eigenvalue weighted by atomic mass is 16.5. The van der Waals surface area contributed by atoms with Gasteiger partial charge in [0, 0.05) is 12.1 Å². The van der Waals surface area contributed by atoms with Gasteiger partial charge in [-0.25, -0.2) is 0 Å². The fourth-order valence-corrected chi connectivity index (χ4v) is 3.28. The van der Waals surface area contributed by atoms with Crippen LogP contribution < -0.4 is 10.6 Å². The van der Waals surface area contributed by atoms with Crippen molar-refractivity contribution in [3.8, 4) is 0 Å².